The summed E-state index contributed by atoms with van der Waals surface area (Å²) < 4.78 is 52.1. The highest BCUT2D eigenvalue weighted by molar-refractivity contribution is 7.89. The highest BCUT2D eigenvalue weighted by Gasteiger charge is 2.33. The fourth-order valence-electron chi connectivity index (χ4n) is 1.89. The largest absolute Gasteiger partial charge is 0.392 e. The first-order valence-corrected chi connectivity index (χ1v) is 6.90. The molecule has 0 unspecified atom stereocenters. The Kier molecular flexibility index (Phi) is 3.39. The number of aryl methyl sites for hydroxylation is 1. The summed E-state index contributed by atoms with van der Waals surface area (Å²) in [6, 6.07) is 1.54. The molecule has 0 amide bonds. The van der Waals surface area contributed by atoms with E-state index in [1.807, 2.05) is 0 Å². The zero-order chi connectivity index (χ0) is 13.5. The van der Waals surface area contributed by atoms with Crippen LogP contribution in [-0.4, -0.2) is 37.0 Å². The van der Waals surface area contributed by atoms with Crippen LogP contribution < -0.4 is 0 Å². The molecule has 0 bridgehead atoms. The summed E-state index contributed by atoms with van der Waals surface area (Å²) in [5, 5.41) is 9.30. The van der Waals surface area contributed by atoms with Crippen molar-refractivity contribution in [1.29, 1.82) is 0 Å². The van der Waals surface area contributed by atoms with Crippen molar-refractivity contribution in [3.63, 3.8) is 0 Å². The minimum atomic E-state index is -4.08. The number of benzene rings is 1. The fourth-order valence-corrected chi connectivity index (χ4v) is 3.44. The Balaban J connectivity index is 2.45. The van der Waals surface area contributed by atoms with E-state index in [4.69, 9.17) is 0 Å². The van der Waals surface area contributed by atoms with Crippen molar-refractivity contribution in [2.24, 2.45) is 0 Å². The first-order valence-electron chi connectivity index (χ1n) is 5.46. The van der Waals surface area contributed by atoms with Crippen LogP contribution in [0.3, 0.4) is 0 Å². The number of rotatable bonds is 2. The molecule has 1 aromatic carbocycles. The average Bonchev–Trinajstić information content (AvgIpc) is 2.70. The number of sulfonamides is 1. The number of β-amino-alcohol motifs (C(OH)–C–C–N with tert-alkyl or cyclic N) is 1. The van der Waals surface area contributed by atoms with E-state index >= 15 is 0 Å². The van der Waals surface area contributed by atoms with Gasteiger partial charge in [-0.2, -0.15) is 4.31 Å². The molecule has 1 N–H and O–H groups in total. The number of nitrogens with zero attached hydrogens (tertiary/aromatic N) is 1. The molecule has 7 heteroatoms. The molecule has 0 spiro atoms. The molecular weight excluding hydrogens is 264 g/mol. The summed E-state index contributed by atoms with van der Waals surface area (Å²) >= 11 is 0. The van der Waals surface area contributed by atoms with Gasteiger partial charge in [-0.15, -0.1) is 0 Å². The van der Waals surface area contributed by atoms with E-state index in [9.17, 15) is 22.3 Å². The van der Waals surface area contributed by atoms with Crippen LogP contribution in [-0.2, 0) is 10.0 Å². The van der Waals surface area contributed by atoms with Gasteiger partial charge in [0.05, 0.1) is 6.10 Å². The second-order valence-electron chi connectivity index (χ2n) is 4.34. The molecule has 0 saturated carbocycles. The Labute approximate surface area is 104 Å². The van der Waals surface area contributed by atoms with Crippen molar-refractivity contribution in [2.75, 3.05) is 13.1 Å². The maximum absolute atomic E-state index is 13.6. The summed E-state index contributed by atoms with van der Waals surface area (Å²) in [6.45, 7) is 1.38. The van der Waals surface area contributed by atoms with E-state index in [1.165, 1.54) is 6.92 Å². The van der Waals surface area contributed by atoms with Crippen LogP contribution in [0.5, 0.6) is 0 Å². The number of aliphatic hydroxyl groups excluding tert-OH is 1. The molecule has 2 rings (SSSR count). The second kappa shape index (κ2) is 4.56. The standard InChI is InChI=1S/C11H13F2NO3S/c1-7-4-10(13)11(5-9(7)12)18(16,17)14-3-2-8(15)6-14/h4-5,8,15H,2-3,6H2,1H3/t8-/m0/s1. The number of halogens is 2. The van der Waals surface area contributed by atoms with Gasteiger partial charge >= 0.3 is 0 Å². The van der Waals surface area contributed by atoms with Crippen LogP contribution in [0.25, 0.3) is 0 Å². The van der Waals surface area contributed by atoms with Crippen molar-refractivity contribution in [2.45, 2.75) is 24.3 Å². The smallest absolute Gasteiger partial charge is 0.246 e. The summed E-state index contributed by atoms with van der Waals surface area (Å²) in [6.07, 6.45) is -0.451. The first kappa shape index (κ1) is 13.4. The van der Waals surface area contributed by atoms with E-state index in [0.717, 1.165) is 10.4 Å². The molecule has 1 aromatic rings. The van der Waals surface area contributed by atoms with Gasteiger partial charge in [-0.3, -0.25) is 0 Å². The molecule has 1 fully saturated rings. The topological polar surface area (TPSA) is 57.6 Å². The summed E-state index contributed by atoms with van der Waals surface area (Å²) in [5.74, 6) is -1.75. The third-order valence-corrected chi connectivity index (χ3v) is 4.84. The van der Waals surface area contributed by atoms with Gasteiger partial charge in [-0.05, 0) is 31.0 Å². The Morgan fingerprint density at radius 2 is 2.00 bits per heavy atom. The zero-order valence-electron chi connectivity index (χ0n) is 9.73. The number of hydrogen-bond acceptors (Lipinski definition) is 3. The molecule has 100 valence electrons. The lowest BCUT2D eigenvalue weighted by Gasteiger charge is -2.16. The Morgan fingerprint density at radius 1 is 1.33 bits per heavy atom. The Hall–Kier alpha value is -1.05. The van der Waals surface area contributed by atoms with E-state index < -0.39 is 32.7 Å². The van der Waals surface area contributed by atoms with Crippen molar-refractivity contribution >= 4 is 10.0 Å². The van der Waals surface area contributed by atoms with Gasteiger partial charge < -0.3 is 5.11 Å². The van der Waals surface area contributed by atoms with Crippen molar-refractivity contribution in [1.82, 2.24) is 4.31 Å². The van der Waals surface area contributed by atoms with E-state index in [1.54, 1.807) is 0 Å². The van der Waals surface area contributed by atoms with E-state index in [-0.39, 0.29) is 18.7 Å². The van der Waals surface area contributed by atoms with Crippen LogP contribution in [0.4, 0.5) is 8.78 Å². The molecule has 1 atom stereocenters. The predicted octanol–water partition coefficient (Wildman–Crippen LogP) is 1.03. The van der Waals surface area contributed by atoms with Gasteiger partial charge in [-0.1, -0.05) is 0 Å². The second-order valence-corrected chi connectivity index (χ2v) is 6.24. The molecule has 1 aliphatic heterocycles. The minimum Gasteiger partial charge on any atom is -0.392 e. The van der Waals surface area contributed by atoms with Gasteiger partial charge in [0.2, 0.25) is 10.0 Å². The van der Waals surface area contributed by atoms with Crippen molar-refractivity contribution < 1.29 is 22.3 Å². The normalized spacial score (nSPS) is 21.4. The van der Waals surface area contributed by atoms with Crippen molar-refractivity contribution in [3.8, 4) is 0 Å². The molecule has 4 nitrogen and oxygen atoms in total. The molecule has 1 heterocycles. The van der Waals surface area contributed by atoms with Gasteiger partial charge in [0, 0.05) is 13.1 Å². The Morgan fingerprint density at radius 3 is 2.56 bits per heavy atom. The van der Waals surface area contributed by atoms with E-state index in [2.05, 4.69) is 0 Å². The fraction of sp³-hybridized carbons (Fsp3) is 0.455. The third kappa shape index (κ3) is 2.25. The summed E-state index contributed by atoms with van der Waals surface area (Å²) in [4.78, 5) is -0.681. The lowest BCUT2D eigenvalue weighted by Crippen LogP contribution is -2.30. The van der Waals surface area contributed by atoms with E-state index in [0.29, 0.717) is 12.5 Å². The summed E-state index contributed by atoms with van der Waals surface area (Å²) in [7, 11) is -4.08. The number of aliphatic hydroxyl groups is 1. The molecule has 1 saturated heterocycles. The number of hydrogen-bond donors (Lipinski definition) is 1. The Bertz CT molecular complexity index is 574. The SMILES string of the molecule is Cc1cc(F)c(S(=O)(=O)N2CC[C@H](O)C2)cc1F. The molecule has 1 aliphatic rings. The zero-order valence-corrected chi connectivity index (χ0v) is 10.5. The average molecular weight is 277 g/mol. The summed E-state index contributed by atoms with van der Waals surface area (Å²) in [5.41, 5.74) is 0.0490. The van der Waals surface area contributed by atoms with Crippen LogP contribution in [0.2, 0.25) is 0 Å². The van der Waals surface area contributed by atoms with Gasteiger partial charge in [0.1, 0.15) is 16.5 Å². The maximum Gasteiger partial charge on any atom is 0.246 e. The van der Waals surface area contributed by atoms with Crippen LogP contribution in [0.1, 0.15) is 12.0 Å². The third-order valence-electron chi connectivity index (χ3n) is 2.96. The molecule has 18 heavy (non-hydrogen) atoms. The van der Waals surface area contributed by atoms with Crippen LogP contribution in [0, 0.1) is 18.6 Å². The van der Waals surface area contributed by atoms with Gasteiger partial charge in [-0.25, -0.2) is 17.2 Å². The highest BCUT2D eigenvalue weighted by atomic mass is 32.2. The quantitative estimate of drug-likeness (QED) is 0.878. The first-order chi connectivity index (χ1) is 8.32. The monoisotopic (exact) mass is 277 g/mol. The van der Waals surface area contributed by atoms with Crippen molar-refractivity contribution in [3.05, 3.63) is 29.3 Å². The predicted molar refractivity (Wildman–Crippen MR) is 60.5 cm³/mol. The maximum atomic E-state index is 13.6. The molecule has 0 aliphatic carbocycles. The molecule has 0 radical (unpaired) electrons. The van der Waals surface area contributed by atoms with Crippen LogP contribution in [0.15, 0.2) is 17.0 Å². The van der Waals surface area contributed by atoms with Gasteiger partial charge in [0.25, 0.3) is 0 Å². The minimum absolute atomic E-state index is 0.0490. The van der Waals surface area contributed by atoms with Gasteiger partial charge in [0.15, 0.2) is 0 Å². The lowest BCUT2D eigenvalue weighted by atomic mass is 10.2. The molecule has 0 aromatic heterocycles. The highest BCUT2D eigenvalue weighted by Crippen LogP contribution is 2.25. The lowest BCUT2D eigenvalue weighted by molar-refractivity contribution is 0.189. The molecular formula is C11H13F2NO3S. The van der Waals surface area contributed by atoms with Crippen LogP contribution >= 0.6 is 0 Å².